The van der Waals surface area contributed by atoms with Crippen molar-refractivity contribution < 1.29 is 92.2 Å². The molecule has 6 heteroatoms. The predicted octanol–water partition coefficient (Wildman–Crippen LogP) is -0.0943. The second-order valence-electron chi connectivity index (χ2n) is 9.59. The molecule has 0 radical (unpaired) electrons. The van der Waals surface area contributed by atoms with Crippen molar-refractivity contribution in [2.45, 2.75) is 113 Å². The number of rotatable bonds is 8. The van der Waals surface area contributed by atoms with Gasteiger partial charge in [0, 0.05) is 10.8 Å². The maximum absolute atomic E-state index is 12.4. The predicted molar refractivity (Wildman–Crippen MR) is 105 cm³/mol. The van der Waals surface area contributed by atoms with Gasteiger partial charge >= 0.3 is 82.2 Å². The van der Waals surface area contributed by atoms with E-state index in [0.717, 1.165) is 25.7 Å². The molecule has 0 rings (SSSR count). The summed E-state index contributed by atoms with van der Waals surface area (Å²) in [6.45, 7) is 20.3. The molecule has 4 nitrogen and oxygen atoms in total. The third kappa shape index (κ3) is 10.2. The number of ether oxygens (including phenoxy) is 2. The van der Waals surface area contributed by atoms with Gasteiger partial charge < -0.3 is 12.3 Å². The van der Waals surface area contributed by atoms with Crippen molar-refractivity contribution >= 4 is 11.9 Å². The van der Waals surface area contributed by atoms with Gasteiger partial charge in [-0.25, -0.2) is 0 Å². The summed E-state index contributed by atoms with van der Waals surface area (Å²) in [5.41, 5.74) is -1.61. The number of carbonyl (C=O) groups is 2. The van der Waals surface area contributed by atoms with Crippen LogP contribution < -0.4 is 70.2 Å². The second-order valence-corrected chi connectivity index (χ2v) is 9.59. The first-order chi connectivity index (χ1) is 11.1. The summed E-state index contributed by atoms with van der Waals surface area (Å²) >= 11 is 0. The van der Waals surface area contributed by atoms with Crippen molar-refractivity contribution in [1.82, 2.24) is 0 Å². The van der Waals surface area contributed by atoms with Crippen LogP contribution in [0.1, 0.15) is 104 Å². The summed E-state index contributed by atoms with van der Waals surface area (Å²) in [4.78, 5) is 24.7. The molecule has 0 aliphatic heterocycles. The molecule has 0 fully saturated rings. The largest absolute Gasteiger partial charge is 1.00 e. The minimum Gasteiger partial charge on any atom is -1.00 e. The van der Waals surface area contributed by atoms with Crippen molar-refractivity contribution in [1.29, 1.82) is 0 Å². The molecule has 0 aliphatic carbocycles. The Kier molecular flexibility index (Phi) is 15.5. The van der Waals surface area contributed by atoms with Crippen molar-refractivity contribution in [2.75, 3.05) is 0 Å². The van der Waals surface area contributed by atoms with Gasteiger partial charge in [0.25, 0.3) is 0 Å². The molecule has 2 unspecified atom stereocenters. The van der Waals surface area contributed by atoms with Crippen LogP contribution in [0.4, 0.5) is 0 Å². The Balaban J connectivity index is -0.000000480. The standard InChI is InChI=1S/C21H40O4.K.Li.2H/c1-11-13-20(9,18(3,4)5)24-16(22)15-17(23)25-21(10,14-12-2)19(6,7)8;;;;/h11-15H2,1-10H3;;;;/q;2*+1;2*-1. The van der Waals surface area contributed by atoms with Crippen molar-refractivity contribution in [3.63, 3.8) is 0 Å². The van der Waals surface area contributed by atoms with E-state index in [9.17, 15) is 9.59 Å². The first-order valence-corrected chi connectivity index (χ1v) is 9.55. The van der Waals surface area contributed by atoms with Gasteiger partial charge in [-0.15, -0.1) is 0 Å². The van der Waals surface area contributed by atoms with E-state index >= 15 is 0 Å². The Labute approximate surface area is 225 Å². The quantitative estimate of drug-likeness (QED) is 0.322. The Bertz CT molecular complexity index is 436. The Morgan fingerprint density at radius 2 is 0.963 bits per heavy atom. The number of hydrogen-bond donors (Lipinski definition) is 0. The van der Waals surface area contributed by atoms with Crippen LogP contribution in [-0.2, 0) is 19.1 Å². The fourth-order valence-electron chi connectivity index (χ4n) is 2.80. The second kappa shape index (κ2) is 12.8. The molecule has 0 saturated carbocycles. The van der Waals surface area contributed by atoms with Crippen LogP contribution in [0.15, 0.2) is 0 Å². The monoisotopic (exact) mass is 404 g/mol. The van der Waals surface area contributed by atoms with E-state index in [2.05, 4.69) is 13.8 Å². The maximum atomic E-state index is 12.4. The van der Waals surface area contributed by atoms with Crippen LogP contribution in [0.2, 0.25) is 0 Å². The van der Waals surface area contributed by atoms with Gasteiger partial charge in [-0.1, -0.05) is 68.2 Å². The molecule has 0 spiro atoms. The van der Waals surface area contributed by atoms with Crippen LogP contribution >= 0.6 is 0 Å². The summed E-state index contributed by atoms with van der Waals surface area (Å²) < 4.78 is 11.5. The minimum atomic E-state index is -0.601. The average molecular weight is 405 g/mol. The van der Waals surface area contributed by atoms with Gasteiger partial charge in [-0.2, -0.15) is 0 Å². The van der Waals surface area contributed by atoms with E-state index in [1.54, 1.807) is 0 Å². The van der Waals surface area contributed by atoms with Crippen LogP contribution in [0, 0.1) is 10.8 Å². The van der Waals surface area contributed by atoms with E-state index in [0.29, 0.717) is 0 Å². The van der Waals surface area contributed by atoms with Gasteiger partial charge in [0.1, 0.15) is 17.6 Å². The van der Waals surface area contributed by atoms with E-state index in [1.807, 2.05) is 55.4 Å². The molecule has 0 aromatic heterocycles. The molecule has 152 valence electrons. The Morgan fingerprint density at radius 1 is 0.704 bits per heavy atom. The van der Waals surface area contributed by atoms with Gasteiger partial charge in [0.15, 0.2) is 0 Å². The normalized spacial score (nSPS) is 16.1. The van der Waals surface area contributed by atoms with Crippen LogP contribution in [0.3, 0.4) is 0 Å². The SMILES string of the molecule is CCCC(C)(OC(=O)CC(=O)OC(C)(CCC)C(C)(C)C)C(C)(C)C.[H-].[H-].[K+].[Li+]. The average Bonchev–Trinajstić information content (AvgIpc) is 2.35. The molecular formula is C21H42KLiO4. The first kappa shape index (κ1) is 32.8. The zero-order valence-electron chi connectivity index (χ0n) is 22.2. The molecule has 27 heavy (non-hydrogen) atoms. The first-order valence-electron chi connectivity index (χ1n) is 9.55. The van der Waals surface area contributed by atoms with Crippen molar-refractivity contribution in [2.24, 2.45) is 10.8 Å². The minimum absolute atomic E-state index is 0. The number of hydrogen-bond acceptors (Lipinski definition) is 4. The molecule has 0 bridgehead atoms. The summed E-state index contributed by atoms with van der Waals surface area (Å²) in [6.07, 6.45) is 2.98. The Hall–Kier alpha value is 1.17. The smallest absolute Gasteiger partial charge is 1.00 e. The zero-order chi connectivity index (χ0) is 20.1. The molecule has 0 N–H and O–H groups in total. The maximum Gasteiger partial charge on any atom is 1.00 e. The molecular weight excluding hydrogens is 362 g/mol. The van der Waals surface area contributed by atoms with Crippen LogP contribution in [-0.4, -0.2) is 23.1 Å². The van der Waals surface area contributed by atoms with Crippen molar-refractivity contribution in [3.8, 4) is 0 Å². The van der Waals surface area contributed by atoms with E-state index in [-0.39, 0.29) is 90.3 Å². The fourth-order valence-corrected chi connectivity index (χ4v) is 2.80. The zero-order valence-corrected chi connectivity index (χ0v) is 23.3. The number of esters is 2. The third-order valence-corrected chi connectivity index (χ3v) is 5.59. The topological polar surface area (TPSA) is 52.6 Å². The molecule has 0 heterocycles. The molecule has 0 aromatic rings. The molecule has 2 atom stereocenters. The fraction of sp³-hybridized carbons (Fsp3) is 0.905. The number of carbonyl (C=O) groups excluding carboxylic acids is 2. The van der Waals surface area contributed by atoms with E-state index in [4.69, 9.17) is 9.47 Å². The summed E-state index contributed by atoms with van der Waals surface area (Å²) in [7, 11) is 0. The Morgan fingerprint density at radius 3 is 1.15 bits per heavy atom. The van der Waals surface area contributed by atoms with Crippen LogP contribution in [0.25, 0.3) is 0 Å². The third-order valence-electron chi connectivity index (χ3n) is 5.59. The van der Waals surface area contributed by atoms with E-state index < -0.39 is 23.1 Å². The van der Waals surface area contributed by atoms with Crippen LogP contribution in [0.5, 0.6) is 0 Å². The molecule has 0 aliphatic rings. The van der Waals surface area contributed by atoms with E-state index in [1.165, 1.54) is 0 Å². The summed E-state index contributed by atoms with van der Waals surface area (Å²) in [5.74, 6) is -1.02. The summed E-state index contributed by atoms with van der Waals surface area (Å²) in [6, 6.07) is 0. The van der Waals surface area contributed by atoms with Gasteiger partial charge in [0.2, 0.25) is 0 Å². The van der Waals surface area contributed by atoms with Crippen molar-refractivity contribution in [3.05, 3.63) is 0 Å². The van der Waals surface area contributed by atoms with Gasteiger partial charge in [-0.05, 0) is 26.7 Å². The molecule has 0 amide bonds. The van der Waals surface area contributed by atoms with Gasteiger partial charge in [-0.3, -0.25) is 9.59 Å². The molecule has 0 aromatic carbocycles. The molecule has 0 saturated heterocycles. The summed E-state index contributed by atoms with van der Waals surface area (Å²) in [5, 5.41) is 0. The van der Waals surface area contributed by atoms with Gasteiger partial charge in [0.05, 0.1) is 0 Å².